The molecule has 5 heteroatoms. The van der Waals surface area contributed by atoms with E-state index in [0.717, 1.165) is 38.5 Å². The maximum absolute atomic E-state index is 10.9. The number of rotatable bonds is 20. The molecule has 0 bridgehead atoms. The molecule has 0 aromatic heterocycles. The highest BCUT2D eigenvalue weighted by Crippen LogP contribution is 2.16. The highest BCUT2D eigenvalue weighted by atomic mass is 32.2. The molecule has 0 saturated carbocycles. The highest BCUT2D eigenvalue weighted by molar-refractivity contribution is 7.86. The average molecular weight is 407 g/mol. The molecule has 0 radical (unpaired) electrons. The molecule has 0 fully saturated rings. The minimum absolute atomic E-state index is 0.0960. The normalized spacial score (nSPS) is 14.4. The van der Waals surface area contributed by atoms with Gasteiger partial charge in [0.1, 0.15) is 0 Å². The maximum atomic E-state index is 10.9. The van der Waals surface area contributed by atoms with Crippen LogP contribution in [0, 0.1) is 0 Å². The Bertz CT molecular complexity index is 409. The Morgan fingerprint density at radius 2 is 0.963 bits per heavy atom. The lowest BCUT2D eigenvalue weighted by atomic mass is 10.0. The van der Waals surface area contributed by atoms with E-state index in [9.17, 15) is 13.5 Å². The van der Waals surface area contributed by atoms with Gasteiger partial charge >= 0.3 is 0 Å². The van der Waals surface area contributed by atoms with Crippen molar-refractivity contribution in [3.8, 4) is 0 Å². The van der Waals surface area contributed by atoms with Crippen LogP contribution in [0.3, 0.4) is 0 Å². The van der Waals surface area contributed by atoms with E-state index in [4.69, 9.17) is 4.55 Å². The fourth-order valence-corrected chi connectivity index (χ4v) is 3.97. The minimum atomic E-state index is -3.85. The van der Waals surface area contributed by atoms with Crippen LogP contribution in [0.15, 0.2) is 0 Å². The van der Waals surface area contributed by atoms with E-state index in [-0.39, 0.29) is 6.10 Å². The zero-order valence-electron chi connectivity index (χ0n) is 18.0. The molecule has 0 amide bonds. The third-order valence-electron chi connectivity index (χ3n) is 5.55. The molecule has 0 aromatic rings. The predicted octanol–water partition coefficient (Wildman–Crippen LogP) is 6.67. The van der Waals surface area contributed by atoms with Gasteiger partial charge in [0.05, 0.1) is 11.4 Å². The van der Waals surface area contributed by atoms with Crippen LogP contribution in [0.25, 0.3) is 0 Å². The Labute approximate surface area is 169 Å². The fraction of sp³-hybridized carbons (Fsp3) is 1.00. The molecule has 27 heavy (non-hydrogen) atoms. The van der Waals surface area contributed by atoms with Gasteiger partial charge in [-0.15, -0.1) is 0 Å². The number of aliphatic hydroxyl groups excluding tert-OH is 1. The second-order valence-electron chi connectivity index (χ2n) is 8.30. The summed E-state index contributed by atoms with van der Waals surface area (Å²) in [7, 11) is -3.85. The van der Waals surface area contributed by atoms with Crippen LogP contribution in [0.2, 0.25) is 0 Å². The lowest BCUT2D eigenvalue weighted by Crippen LogP contribution is -2.16. The molecular weight excluding hydrogens is 360 g/mol. The minimum Gasteiger partial charge on any atom is -0.393 e. The van der Waals surface area contributed by atoms with Gasteiger partial charge in [-0.2, -0.15) is 8.42 Å². The molecule has 2 atom stereocenters. The third-order valence-corrected chi connectivity index (χ3v) is 6.80. The number of aliphatic hydroxyl groups is 1. The first kappa shape index (κ1) is 26.9. The molecule has 2 unspecified atom stereocenters. The maximum Gasteiger partial charge on any atom is 0.267 e. The molecule has 0 rings (SSSR count). The molecule has 164 valence electrons. The summed E-state index contributed by atoms with van der Waals surface area (Å²) in [4.78, 5) is 0. The molecule has 0 spiro atoms. The largest absolute Gasteiger partial charge is 0.393 e. The van der Waals surface area contributed by atoms with Crippen LogP contribution >= 0.6 is 0 Å². The van der Waals surface area contributed by atoms with Gasteiger partial charge < -0.3 is 5.11 Å². The summed E-state index contributed by atoms with van der Waals surface area (Å²) in [5.74, 6) is 0. The van der Waals surface area contributed by atoms with Crippen molar-refractivity contribution in [1.29, 1.82) is 0 Å². The van der Waals surface area contributed by atoms with E-state index in [1.807, 2.05) is 0 Å². The molecule has 0 aliphatic heterocycles. The Morgan fingerprint density at radius 3 is 1.33 bits per heavy atom. The van der Waals surface area contributed by atoms with Gasteiger partial charge in [-0.1, -0.05) is 103 Å². The first-order valence-corrected chi connectivity index (χ1v) is 13.0. The van der Waals surface area contributed by atoms with Gasteiger partial charge in [0.15, 0.2) is 0 Å². The van der Waals surface area contributed by atoms with E-state index in [1.165, 1.54) is 70.6 Å². The lowest BCUT2D eigenvalue weighted by molar-refractivity contribution is 0.147. The van der Waals surface area contributed by atoms with Crippen molar-refractivity contribution in [2.75, 3.05) is 0 Å². The number of hydrogen-bond acceptors (Lipinski definition) is 3. The molecule has 0 aliphatic carbocycles. The van der Waals surface area contributed by atoms with Crippen LogP contribution in [0.1, 0.15) is 129 Å². The van der Waals surface area contributed by atoms with Crippen molar-refractivity contribution in [2.45, 2.75) is 141 Å². The van der Waals surface area contributed by atoms with Gasteiger partial charge in [-0.3, -0.25) is 4.55 Å². The molecule has 4 nitrogen and oxygen atoms in total. The first-order chi connectivity index (χ1) is 12.9. The molecule has 2 N–H and O–H groups in total. The van der Waals surface area contributed by atoms with Gasteiger partial charge in [-0.25, -0.2) is 0 Å². The SMILES string of the molecule is CCCCCCCCC(O)CCCCCCCCCCCC(C)S(=O)(=O)O. The summed E-state index contributed by atoms with van der Waals surface area (Å²) in [5.41, 5.74) is 0. The summed E-state index contributed by atoms with van der Waals surface area (Å²) < 4.78 is 30.7. The van der Waals surface area contributed by atoms with Gasteiger partial charge in [0, 0.05) is 0 Å². The Kier molecular flexibility index (Phi) is 17.8. The van der Waals surface area contributed by atoms with Gasteiger partial charge in [-0.05, 0) is 26.2 Å². The lowest BCUT2D eigenvalue weighted by Gasteiger charge is -2.10. The average Bonchev–Trinajstić information content (AvgIpc) is 2.61. The van der Waals surface area contributed by atoms with Crippen molar-refractivity contribution in [3.05, 3.63) is 0 Å². The van der Waals surface area contributed by atoms with Crippen LogP contribution < -0.4 is 0 Å². The zero-order chi connectivity index (χ0) is 20.4. The summed E-state index contributed by atoms with van der Waals surface area (Å²) in [5, 5.41) is 9.38. The van der Waals surface area contributed by atoms with Crippen molar-refractivity contribution >= 4 is 10.1 Å². The first-order valence-electron chi connectivity index (χ1n) is 11.5. The van der Waals surface area contributed by atoms with Crippen molar-refractivity contribution in [1.82, 2.24) is 0 Å². The fourth-order valence-electron chi connectivity index (χ4n) is 3.50. The third kappa shape index (κ3) is 19.0. The topological polar surface area (TPSA) is 74.6 Å². The Hall–Kier alpha value is -0.130. The predicted molar refractivity (Wildman–Crippen MR) is 116 cm³/mol. The van der Waals surface area contributed by atoms with E-state index in [2.05, 4.69) is 6.92 Å². The molecule has 0 saturated heterocycles. The zero-order valence-corrected chi connectivity index (χ0v) is 18.8. The molecule has 0 aliphatic rings. The molecule has 0 aromatic carbocycles. The van der Waals surface area contributed by atoms with E-state index in [1.54, 1.807) is 6.92 Å². The monoisotopic (exact) mass is 406 g/mol. The van der Waals surface area contributed by atoms with Crippen LogP contribution in [0.5, 0.6) is 0 Å². The van der Waals surface area contributed by atoms with Crippen LogP contribution in [-0.4, -0.2) is 29.4 Å². The second kappa shape index (κ2) is 17.9. The van der Waals surface area contributed by atoms with E-state index in [0.29, 0.717) is 6.42 Å². The number of hydrogen-bond donors (Lipinski definition) is 2. The highest BCUT2D eigenvalue weighted by Gasteiger charge is 2.15. The summed E-state index contributed by atoms with van der Waals surface area (Å²) in [6.45, 7) is 3.81. The van der Waals surface area contributed by atoms with Crippen molar-refractivity contribution in [2.24, 2.45) is 0 Å². The van der Waals surface area contributed by atoms with Crippen LogP contribution in [0.4, 0.5) is 0 Å². The smallest absolute Gasteiger partial charge is 0.267 e. The summed E-state index contributed by atoms with van der Waals surface area (Å²) in [6.07, 6.45) is 20.5. The van der Waals surface area contributed by atoms with Crippen LogP contribution in [-0.2, 0) is 10.1 Å². The van der Waals surface area contributed by atoms with Crippen molar-refractivity contribution in [3.63, 3.8) is 0 Å². The molecular formula is C22H46O4S. The number of unbranched alkanes of at least 4 members (excludes halogenated alkanes) is 13. The molecule has 0 heterocycles. The Morgan fingerprint density at radius 1 is 0.630 bits per heavy atom. The van der Waals surface area contributed by atoms with Gasteiger partial charge in [0.2, 0.25) is 0 Å². The summed E-state index contributed by atoms with van der Waals surface area (Å²) >= 11 is 0. The standard InChI is InChI=1S/C22H46O4S/c1-3-4-5-6-13-16-19-22(23)20-17-14-11-9-7-8-10-12-15-18-21(2)27(24,25)26/h21-23H,3-20H2,1-2H3,(H,24,25,26). The van der Waals surface area contributed by atoms with Gasteiger partial charge in [0.25, 0.3) is 10.1 Å². The second-order valence-corrected chi connectivity index (χ2v) is 10.1. The summed E-state index contributed by atoms with van der Waals surface area (Å²) in [6, 6.07) is 0. The quantitative estimate of drug-likeness (QED) is 0.175. The van der Waals surface area contributed by atoms with E-state index < -0.39 is 15.4 Å². The van der Waals surface area contributed by atoms with Crippen molar-refractivity contribution < 1.29 is 18.1 Å². The van der Waals surface area contributed by atoms with E-state index >= 15 is 0 Å². The Balaban J connectivity index is 3.26.